The molecule has 0 bridgehead atoms. The van der Waals surface area contributed by atoms with Crippen LogP contribution in [0, 0.1) is 17.6 Å². The summed E-state index contributed by atoms with van der Waals surface area (Å²) < 4.78 is 26.9. The van der Waals surface area contributed by atoms with E-state index >= 15 is 0 Å². The number of piperidine rings is 1. The molecule has 1 saturated heterocycles. The second-order valence-corrected chi connectivity index (χ2v) is 6.57. The third kappa shape index (κ3) is 4.02. The van der Waals surface area contributed by atoms with E-state index in [9.17, 15) is 18.4 Å². The highest BCUT2D eigenvalue weighted by Crippen LogP contribution is 2.23. The maximum absolute atomic E-state index is 13.8. The maximum Gasteiger partial charge on any atom is 0.256 e. The van der Waals surface area contributed by atoms with Crippen molar-refractivity contribution in [1.29, 1.82) is 0 Å². The van der Waals surface area contributed by atoms with Crippen LogP contribution in [0.2, 0.25) is 5.02 Å². The van der Waals surface area contributed by atoms with Crippen molar-refractivity contribution in [3.63, 3.8) is 0 Å². The lowest BCUT2D eigenvalue weighted by Crippen LogP contribution is -2.41. The van der Waals surface area contributed by atoms with Crippen molar-refractivity contribution in [2.75, 3.05) is 18.4 Å². The summed E-state index contributed by atoms with van der Waals surface area (Å²) in [5.74, 6) is -1.95. The van der Waals surface area contributed by atoms with Crippen LogP contribution in [-0.4, -0.2) is 29.8 Å². The molecule has 0 aromatic heterocycles. The van der Waals surface area contributed by atoms with Gasteiger partial charge < -0.3 is 10.2 Å². The lowest BCUT2D eigenvalue weighted by atomic mass is 9.95. The third-order valence-corrected chi connectivity index (χ3v) is 4.73. The molecule has 2 amide bonds. The third-order valence-electron chi connectivity index (χ3n) is 4.44. The summed E-state index contributed by atoms with van der Waals surface area (Å²) in [7, 11) is 0. The number of carbonyl (C=O) groups excluding carboxylic acids is 2. The minimum Gasteiger partial charge on any atom is -0.339 e. The highest BCUT2D eigenvalue weighted by molar-refractivity contribution is 6.31. The van der Waals surface area contributed by atoms with Crippen LogP contribution < -0.4 is 5.32 Å². The van der Waals surface area contributed by atoms with E-state index in [1.165, 1.54) is 36.4 Å². The average molecular weight is 379 g/mol. The van der Waals surface area contributed by atoms with Gasteiger partial charge in [-0.15, -0.1) is 0 Å². The lowest BCUT2D eigenvalue weighted by molar-refractivity contribution is -0.121. The number of amides is 2. The van der Waals surface area contributed by atoms with Gasteiger partial charge >= 0.3 is 0 Å². The number of likely N-dealkylation sites (tertiary alicyclic amines) is 1. The summed E-state index contributed by atoms with van der Waals surface area (Å²) in [5.41, 5.74) is 0.461. The molecule has 0 saturated carbocycles. The average Bonchev–Trinajstić information content (AvgIpc) is 2.65. The van der Waals surface area contributed by atoms with Crippen LogP contribution in [0.4, 0.5) is 14.5 Å². The minimum absolute atomic E-state index is 0.0383. The Labute approximate surface area is 154 Å². The SMILES string of the molecule is O=C(Nc1ccc(F)c(Cl)c1)C1CCN(C(=O)c2ccccc2F)CC1. The number of nitrogens with zero attached hydrogens (tertiary/aromatic N) is 1. The fourth-order valence-corrected chi connectivity index (χ4v) is 3.15. The summed E-state index contributed by atoms with van der Waals surface area (Å²) in [6, 6.07) is 9.83. The summed E-state index contributed by atoms with van der Waals surface area (Å²) in [6.45, 7) is 0.741. The van der Waals surface area contributed by atoms with E-state index in [1.807, 2.05) is 0 Å². The Hall–Kier alpha value is -2.47. The molecule has 7 heteroatoms. The molecule has 2 aromatic rings. The first-order valence-electron chi connectivity index (χ1n) is 8.25. The molecule has 1 heterocycles. The van der Waals surface area contributed by atoms with Gasteiger partial charge in [-0.2, -0.15) is 0 Å². The predicted molar refractivity (Wildman–Crippen MR) is 95.1 cm³/mol. The number of hydrogen-bond acceptors (Lipinski definition) is 2. The summed E-state index contributed by atoms with van der Waals surface area (Å²) in [4.78, 5) is 26.3. The van der Waals surface area contributed by atoms with Crippen molar-refractivity contribution in [3.8, 4) is 0 Å². The van der Waals surface area contributed by atoms with E-state index in [0.29, 0.717) is 31.6 Å². The van der Waals surface area contributed by atoms with Crippen LogP contribution in [0.3, 0.4) is 0 Å². The molecule has 1 aliphatic rings. The highest BCUT2D eigenvalue weighted by atomic mass is 35.5. The van der Waals surface area contributed by atoms with Crippen molar-refractivity contribution < 1.29 is 18.4 Å². The van der Waals surface area contributed by atoms with E-state index in [2.05, 4.69) is 5.32 Å². The summed E-state index contributed by atoms with van der Waals surface area (Å²) >= 11 is 5.71. The first kappa shape index (κ1) is 18.3. The largest absolute Gasteiger partial charge is 0.339 e. The van der Waals surface area contributed by atoms with Gasteiger partial charge in [0.1, 0.15) is 11.6 Å². The van der Waals surface area contributed by atoms with Gasteiger partial charge in [-0.1, -0.05) is 23.7 Å². The van der Waals surface area contributed by atoms with Gasteiger partial charge in [0.05, 0.1) is 10.6 Å². The first-order chi connectivity index (χ1) is 12.5. The van der Waals surface area contributed by atoms with Crippen LogP contribution >= 0.6 is 11.6 Å². The monoisotopic (exact) mass is 378 g/mol. The van der Waals surface area contributed by atoms with Gasteiger partial charge in [0.2, 0.25) is 5.91 Å². The lowest BCUT2D eigenvalue weighted by Gasteiger charge is -2.31. The Bertz CT molecular complexity index is 836. The molecule has 136 valence electrons. The Balaban J connectivity index is 1.57. The van der Waals surface area contributed by atoms with Crippen molar-refractivity contribution in [1.82, 2.24) is 4.90 Å². The number of carbonyl (C=O) groups is 2. The quantitative estimate of drug-likeness (QED) is 0.873. The normalized spacial score (nSPS) is 15.0. The molecular weight excluding hydrogens is 362 g/mol. The van der Waals surface area contributed by atoms with Crippen LogP contribution in [0.1, 0.15) is 23.2 Å². The number of hydrogen-bond donors (Lipinski definition) is 1. The maximum atomic E-state index is 13.8. The molecule has 1 aliphatic heterocycles. The van der Waals surface area contributed by atoms with Gasteiger partial charge in [-0.05, 0) is 43.2 Å². The minimum atomic E-state index is -0.551. The highest BCUT2D eigenvalue weighted by Gasteiger charge is 2.28. The van der Waals surface area contributed by atoms with Crippen LogP contribution in [0.25, 0.3) is 0 Å². The number of rotatable bonds is 3. The van der Waals surface area contributed by atoms with Crippen LogP contribution in [0.15, 0.2) is 42.5 Å². The van der Waals surface area contributed by atoms with E-state index in [0.717, 1.165) is 0 Å². The van der Waals surface area contributed by atoms with Crippen molar-refractivity contribution in [3.05, 3.63) is 64.7 Å². The second-order valence-electron chi connectivity index (χ2n) is 6.16. The van der Waals surface area contributed by atoms with Crippen LogP contribution in [0.5, 0.6) is 0 Å². The van der Waals surface area contributed by atoms with Crippen LogP contribution in [-0.2, 0) is 4.79 Å². The number of halogens is 3. The molecule has 0 radical (unpaired) electrons. The standard InChI is InChI=1S/C19H17ClF2N2O2/c20-15-11-13(5-6-17(15)22)23-18(25)12-7-9-24(10-8-12)19(26)14-3-1-2-4-16(14)21/h1-6,11-12H,7-10H2,(H,23,25). The Morgan fingerprint density at radius 3 is 2.38 bits per heavy atom. The molecule has 26 heavy (non-hydrogen) atoms. The van der Waals surface area contributed by atoms with E-state index < -0.39 is 11.6 Å². The molecule has 0 unspecified atom stereocenters. The molecular formula is C19H17ClF2N2O2. The summed E-state index contributed by atoms with van der Waals surface area (Å²) in [5, 5.41) is 2.65. The molecule has 0 atom stereocenters. The summed E-state index contributed by atoms with van der Waals surface area (Å²) in [6.07, 6.45) is 0.946. The Morgan fingerprint density at radius 2 is 1.73 bits per heavy atom. The molecule has 4 nitrogen and oxygen atoms in total. The van der Waals surface area contributed by atoms with E-state index in [4.69, 9.17) is 11.6 Å². The van der Waals surface area contributed by atoms with E-state index in [1.54, 1.807) is 11.0 Å². The molecule has 3 rings (SSSR count). The van der Waals surface area contributed by atoms with Gasteiger partial charge in [0.15, 0.2) is 0 Å². The van der Waals surface area contributed by atoms with Crippen molar-refractivity contribution in [2.24, 2.45) is 5.92 Å². The van der Waals surface area contributed by atoms with E-state index in [-0.39, 0.29) is 28.3 Å². The zero-order valence-electron chi connectivity index (χ0n) is 13.8. The second kappa shape index (κ2) is 7.83. The molecule has 0 spiro atoms. The topological polar surface area (TPSA) is 49.4 Å². The van der Waals surface area contributed by atoms with Crippen molar-refractivity contribution >= 4 is 29.1 Å². The predicted octanol–water partition coefficient (Wildman–Crippen LogP) is 4.11. The van der Waals surface area contributed by atoms with Crippen molar-refractivity contribution in [2.45, 2.75) is 12.8 Å². The smallest absolute Gasteiger partial charge is 0.256 e. The Morgan fingerprint density at radius 1 is 1.04 bits per heavy atom. The molecule has 1 fully saturated rings. The molecule has 1 N–H and O–H groups in total. The Kier molecular flexibility index (Phi) is 5.52. The van der Waals surface area contributed by atoms with Gasteiger partial charge in [-0.3, -0.25) is 9.59 Å². The zero-order chi connectivity index (χ0) is 18.7. The fraction of sp³-hybridized carbons (Fsp3) is 0.263. The number of benzene rings is 2. The fourth-order valence-electron chi connectivity index (χ4n) is 2.97. The first-order valence-corrected chi connectivity index (χ1v) is 8.63. The van der Waals surface area contributed by atoms with Gasteiger partial charge in [-0.25, -0.2) is 8.78 Å². The van der Waals surface area contributed by atoms with Gasteiger partial charge in [0.25, 0.3) is 5.91 Å². The van der Waals surface area contributed by atoms with Gasteiger partial charge in [0, 0.05) is 24.7 Å². The number of anilines is 1. The molecule has 2 aromatic carbocycles. The number of nitrogens with one attached hydrogen (secondary N) is 1. The molecule has 0 aliphatic carbocycles. The zero-order valence-corrected chi connectivity index (χ0v) is 14.6.